The predicted octanol–water partition coefficient (Wildman–Crippen LogP) is 1.60. The zero-order valence-corrected chi connectivity index (χ0v) is 11.4. The molecule has 0 spiro atoms. The number of hydrogen-bond donors (Lipinski definition) is 1. The van der Waals surface area contributed by atoms with Crippen LogP contribution >= 0.6 is 0 Å². The first-order valence-electron chi connectivity index (χ1n) is 6.01. The smallest absolute Gasteiger partial charge is 0.237 e. The van der Waals surface area contributed by atoms with Gasteiger partial charge in [-0.3, -0.25) is 4.98 Å². The van der Waals surface area contributed by atoms with Crippen molar-refractivity contribution in [2.24, 2.45) is 5.73 Å². The lowest BCUT2D eigenvalue weighted by atomic mass is 10.0. The summed E-state index contributed by atoms with van der Waals surface area (Å²) in [4.78, 5) is 10.4. The van der Waals surface area contributed by atoms with E-state index in [1.54, 1.807) is 19.5 Å². The van der Waals surface area contributed by atoms with Crippen LogP contribution in [0, 0.1) is 0 Å². The topological polar surface area (TPSA) is 64.3 Å². The molecular weight excluding hydrogens is 240 g/mol. The molecule has 0 saturated heterocycles. The fourth-order valence-electron chi connectivity index (χ4n) is 1.84. The summed E-state index contributed by atoms with van der Waals surface area (Å²) in [7, 11) is 5.57. The highest BCUT2D eigenvalue weighted by atomic mass is 16.5. The maximum atomic E-state index is 6.22. The molecule has 0 fully saturated rings. The molecule has 1 atom stereocenters. The van der Waals surface area contributed by atoms with Gasteiger partial charge in [-0.05, 0) is 17.7 Å². The summed E-state index contributed by atoms with van der Waals surface area (Å²) >= 11 is 0. The van der Waals surface area contributed by atoms with Gasteiger partial charge in [0, 0.05) is 32.2 Å². The third-order valence-corrected chi connectivity index (χ3v) is 2.95. The average molecular weight is 258 g/mol. The number of rotatable bonds is 4. The van der Waals surface area contributed by atoms with Crippen molar-refractivity contribution < 1.29 is 4.74 Å². The van der Waals surface area contributed by atoms with E-state index in [1.807, 2.05) is 43.3 Å². The Morgan fingerprint density at radius 3 is 2.32 bits per heavy atom. The normalized spacial score (nSPS) is 12.0. The van der Waals surface area contributed by atoms with Gasteiger partial charge in [-0.2, -0.15) is 0 Å². The van der Waals surface area contributed by atoms with Crippen molar-refractivity contribution in [1.29, 1.82) is 0 Å². The van der Waals surface area contributed by atoms with Gasteiger partial charge in [0.1, 0.15) is 5.69 Å². The van der Waals surface area contributed by atoms with Gasteiger partial charge in [-0.1, -0.05) is 12.1 Å². The summed E-state index contributed by atoms with van der Waals surface area (Å²) in [6, 6.07) is 7.69. The second-order valence-corrected chi connectivity index (χ2v) is 4.41. The van der Waals surface area contributed by atoms with Gasteiger partial charge < -0.3 is 15.4 Å². The number of nitrogens with zero attached hydrogens (tertiary/aromatic N) is 3. The molecule has 0 radical (unpaired) electrons. The number of anilines is 1. The molecule has 1 heterocycles. The highest BCUT2D eigenvalue weighted by molar-refractivity contribution is 5.47. The maximum absolute atomic E-state index is 6.22. The molecule has 0 aliphatic heterocycles. The zero-order valence-electron chi connectivity index (χ0n) is 11.4. The van der Waals surface area contributed by atoms with Crippen molar-refractivity contribution in [1.82, 2.24) is 9.97 Å². The van der Waals surface area contributed by atoms with E-state index in [0.29, 0.717) is 11.6 Å². The second-order valence-electron chi connectivity index (χ2n) is 4.41. The molecule has 0 amide bonds. The number of aromatic nitrogens is 2. The molecule has 1 aromatic heterocycles. The van der Waals surface area contributed by atoms with Gasteiger partial charge in [0.25, 0.3) is 0 Å². The predicted molar refractivity (Wildman–Crippen MR) is 75.4 cm³/mol. The zero-order chi connectivity index (χ0) is 13.8. The van der Waals surface area contributed by atoms with E-state index in [-0.39, 0.29) is 6.04 Å². The van der Waals surface area contributed by atoms with E-state index in [9.17, 15) is 0 Å². The molecule has 5 nitrogen and oxygen atoms in total. The first-order valence-corrected chi connectivity index (χ1v) is 6.01. The second kappa shape index (κ2) is 5.67. The van der Waals surface area contributed by atoms with E-state index < -0.39 is 0 Å². The van der Waals surface area contributed by atoms with Gasteiger partial charge in [-0.25, -0.2) is 4.98 Å². The van der Waals surface area contributed by atoms with Crippen LogP contribution in [-0.4, -0.2) is 31.2 Å². The standard InChI is InChI=1S/C14H18N4O/c1-18(2)11-6-4-10(5-7-11)12(15)13-14(19-3)17-9-8-16-13/h4-9,12H,15H2,1-3H3. The van der Waals surface area contributed by atoms with Crippen LogP contribution in [0.4, 0.5) is 5.69 Å². The Morgan fingerprint density at radius 1 is 1.11 bits per heavy atom. The van der Waals surface area contributed by atoms with Crippen molar-refractivity contribution in [3.63, 3.8) is 0 Å². The summed E-state index contributed by atoms with van der Waals surface area (Å²) in [5, 5.41) is 0. The fourth-order valence-corrected chi connectivity index (χ4v) is 1.84. The van der Waals surface area contributed by atoms with Gasteiger partial charge in [0.15, 0.2) is 0 Å². The summed E-state index contributed by atoms with van der Waals surface area (Å²) in [6.45, 7) is 0. The monoisotopic (exact) mass is 258 g/mol. The van der Waals surface area contributed by atoms with Gasteiger partial charge in [0.2, 0.25) is 5.88 Å². The van der Waals surface area contributed by atoms with E-state index in [1.165, 1.54) is 0 Å². The first kappa shape index (κ1) is 13.3. The van der Waals surface area contributed by atoms with Crippen molar-refractivity contribution in [3.8, 4) is 5.88 Å². The lowest BCUT2D eigenvalue weighted by Gasteiger charge is -2.16. The molecule has 2 aromatic rings. The van der Waals surface area contributed by atoms with E-state index in [2.05, 4.69) is 9.97 Å². The van der Waals surface area contributed by atoms with Crippen LogP contribution in [0.2, 0.25) is 0 Å². The van der Waals surface area contributed by atoms with Crippen LogP contribution in [0.25, 0.3) is 0 Å². The largest absolute Gasteiger partial charge is 0.480 e. The van der Waals surface area contributed by atoms with Crippen molar-refractivity contribution >= 4 is 5.69 Å². The SMILES string of the molecule is COc1nccnc1C(N)c1ccc(N(C)C)cc1. The van der Waals surface area contributed by atoms with Gasteiger partial charge in [0.05, 0.1) is 13.2 Å². The van der Waals surface area contributed by atoms with Crippen LogP contribution in [0.15, 0.2) is 36.7 Å². The molecule has 5 heteroatoms. The Morgan fingerprint density at radius 2 is 1.74 bits per heavy atom. The molecule has 0 saturated carbocycles. The average Bonchev–Trinajstić information content (AvgIpc) is 2.46. The highest BCUT2D eigenvalue weighted by Gasteiger charge is 2.16. The Labute approximate surface area is 113 Å². The van der Waals surface area contributed by atoms with E-state index >= 15 is 0 Å². The molecule has 1 unspecified atom stereocenters. The van der Waals surface area contributed by atoms with Crippen LogP contribution in [0.5, 0.6) is 5.88 Å². The van der Waals surface area contributed by atoms with Crippen LogP contribution in [0.1, 0.15) is 17.3 Å². The van der Waals surface area contributed by atoms with Crippen molar-refractivity contribution in [3.05, 3.63) is 47.9 Å². The van der Waals surface area contributed by atoms with E-state index in [0.717, 1.165) is 11.3 Å². The fraction of sp³-hybridized carbons (Fsp3) is 0.286. The van der Waals surface area contributed by atoms with Crippen LogP contribution < -0.4 is 15.4 Å². The third kappa shape index (κ3) is 2.82. The molecule has 100 valence electrons. The maximum Gasteiger partial charge on any atom is 0.237 e. The van der Waals surface area contributed by atoms with Crippen molar-refractivity contribution in [2.75, 3.05) is 26.1 Å². The summed E-state index contributed by atoms with van der Waals surface area (Å²) in [5.74, 6) is 0.465. The van der Waals surface area contributed by atoms with Crippen LogP contribution in [-0.2, 0) is 0 Å². The first-order chi connectivity index (χ1) is 9.13. The molecule has 0 bridgehead atoms. The van der Waals surface area contributed by atoms with Crippen LogP contribution in [0.3, 0.4) is 0 Å². The summed E-state index contributed by atoms with van der Waals surface area (Å²) in [5.41, 5.74) is 8.97. The minimum absolute atomic E-state index is 0.347. The molecule has 0 aliphatic rings. The Kier molecular flexibility index (Phi) is 3.97. The van der Waals surface area contributed by atoms with Crippen molar-refractivity contribution in [2.45, 2.75) is 6.04 Å². The molecule has 19 heavy (non-hydrogen) atoms. The number of hydrogen-bond acceptors (Lipinski definition) is 5. The van der Waals surface area contributed by atoms with E-state index in [4.69, 9.17) is 10.5 Å². The highest BCUT2D eigenvalue weighted by Crippen LogP contribution is 2.25. The molecular formula is C14H18N4O. The number of nitrogens with two attached hydrogens (primary N) is 1. The molecule has 2 rings (SSSR count). The van der Waals surface area contributed by atoms with Gasteiger partial charge in [-0.15, -0.1) is 0 Å². The quantitative estimate of drug-likeness (QED) is 0.902. The summed E-state index contributed by atoms with van der Waals surface area (Å²) in [6.07, 6.45) is 3.20. The molecule has 1 aromatic carbocycles. The number of ether oxygens (including phenoxy) is 1. The Balaban J connectivity index is 2.30. The third-order valence-electron chi connectivity index (χ3n) is 2.95. The Bertz CT molecular complexity index is 539. The minimum atomic E-state index is -0.347. The van der Waals surface area contributed by atoms with Gasteiger partial charge >= 0.3 is 0 Å². The Hall–Kier alpha value is -2.14. The molecule has 0 aliphatic carbocycles. The lowest BCUT2D eigenvalue weighted by molar-refractivity contribution is 0.387. The number of benzene rings is 1. The summed E-state index contributed by atoms with van der Waals surface area (Å²) < 4.78 is 5.19. The lowest BCUT2D eigenvalue weighted by Crippen LogP contribution is -2.16. The minimum Gasteiger partial charge on any atom is -0.480 e. The molecule has 2 N–H and O–H groups in total. The number of methoxy groups -OCH3 is 1.